The third-order valence-corrected chi connectivity index (χ3v) is 3.31. The van der Waals surface area contributed by atoms with E-state index in [4.69, 9.17) is 5.73 Å². The predicted octanol–water partition coefficient (Wildman–Crippen LogP) is 3.38. The van der Waals surface area contributed by atoms with Gasteiger partial charge in [0.05, 0.1) is 5.56 Å². The van der Waals surface area contributed by atoms with Gasteiger partial charge in [0.2, 0.25) is 0 Å². The van der Waals surface area contributed by atoms with Crippen molar-refractivity contribution in [3.63, 3.8) is 0 Å². The molecule has 0 aromatic heterocycles. The summed E-state index contributed by atoms with van der Waals surface area (Å²) in [6, 6.07) is 11.2. The molecule has 0 aliphatic heterocycles. The number of rotatable bonds is 3. The van der Waals surface area contributed by atoms with Crippen LogP contribution >= 0.6 is 11.8 Å². The third kappa shape index (κ3) is 3.26. The van der Waals surface area contributed by atoms with Gasteiger partial charge >= 0.3 is 0 Å². The highest BCUT2D eigenvalue weighted by atomic mass is 32.2. The molecular weight excluding hydrogens is 263 g/mol. The van der Waals surface area contributed by atoms with Gasteiger partial charge < -0.3 is 11.1 Å². The molecule has 3 nitrogen and oxygen atoms in total. The van der Waals surface area contributed by atoms with E-state index in [1.807, 2.05) is 24.5 Å². The second kappa shape index (κ2) is 5.75. The van der Waals surface area contributed by atoms with Crippen LogP contribution in [0.5, 0.6) is 0 Å². The van der Waals surface area contributed by atoms with E-state index in [1.165, 1.54) is 12.1 Å². The molecule has 0 atom stereocenters. The van der Waals surface area contributed by atoms with E-state index in [0.29, 0.717) is 5.69 Å². The molecular formula is C14H13FN2OS. The van der Waals surface area contributed by atoms with Gasteiger partial charge in [0, 0.05) is 16.3 Å². The average molecular weight is 276 g/mol. The Hall–Kier alpha value is -2.01. The molecule has 0 radical (unpaired) electrons. The lowest BCUT2D eigenvalue weighted by Gasteiger charge is -2.08. The normalized spacial score (nSPS) is 10.2. The maximum Gasteiger partial charge on any atom is 0.257 e. The summed E-state index contributed by atoms with van der Waals surface area (Å²) in [5.41, 5.74) is 6.69. The zero-order valence-electron chi connectivity index (χ0n) is 10.3. The SMILES string of the molecule is CSc1cccc(NC(=O)c2ccc(F)cc2N)c1. The van der Waals surface area contributed by atoms with Crippen molar-refractivity contribution in [2.75, 3.05) is 17.3 Å². The van der Waals surface area contributed by atoms with Crippen molar-refractivity contribution >= 4 is 29.0 Å². The van der Waals surface area contributed by atoms with Gasteiger partial charge in [-0.1, -0.05) is 6.07 Å². The Labute approximate surface area is 115 Å². The third-order valence-electron chi connectivity index (χ3n) is 2.59. The highest BCUT2D eigenvalue weighted by molar-refractivity contribution is 7.98. The second-order valence-corrected chi connectivity index (χ2v) is 4.80. The van der Waals surface area contributed by atoms with Crippen LogP contribution in [0.4, 0.5) is 15.8 Å². The molecule has 3 N–H and O–H groups in total. The van der Waals surface area contributed by atoms with E-state index in [-0.39, 0.29) is 17.2 Å². The topological polar surface area (TPSA) is 55.1 Å². The van der Waals surface area contributed by atoms with E-state index < -0.39 is 5.82 Å². The van der Waals surface area contributed by atoms with Gasteiger partial charge in [0.25, 0.3) is 5.91 Å². The van der Waals surface area contributed by atoms with Crippen LogP contribution in [0.3, 0.4) is 0 Å². The fourth-order valence-electron chi connectivity index (χ4n) is 1.64. The van der Waals surface area contributed by atoms with Crippen LogP contribution in [0.2, 0.25) is 0 Å². The first kappa shape index (κ1) is 13.4. The summed E-state index contributed by atoms with van der Waals surface area (Å²) in [5.74, 6) is -0.811. The van der Waals surface area contributed by atoms with Crippen LogP contribution in [0.1, 0.15) is 10.4 Å². The van der Waals surface area contributed by atoms with Crippen molar-refractivity contribution in [1.29, 1.82) is 0 Å². The number of nitrogens with two attached hydrogens (primary N) is 1. The van der Waals surface area contributed by atoms with Crippen LogP contribution in [0.25, 0.3) is 0 Å². The number of carbonyl (C=O) groups excluding carboxylic acids is 1. The van der Waals surface area contributed by atoms with Crippen LogP contribution in [-0.2, 0) is 0 Å². The van der Waals surface area contributed by atoms with Crippen LogP contribution in [0, 0.1) is 5.82 Å². The first-order chi connectivity index (χ1) is 9.10. The van der Waals surface area contributed by atoms with Gasteiger partial charge in [-0.15, -0.1) is 11.8 Å². The lowest BCUT2D eigenvalue weighted by Crippen LogP contribution is -2.14. The lowest BCUT2D eigenvalue weighted by molar-refractivity contribution is 0.102. The Morgan fingerprint density at radius 1 is 1.26 bits per heavy atom. The molecule has 0 fully saturated rings. The molecule has 0 spiro atoms. The number of halogens is 1. The molecule has 2 aromatic rings. The summed E-state index contributed by atoms with van der Waals surface area (Å²) in [6.07, 6.45) is 1.96. The van der Waals surface area contributed by atoms with Crippen LogP contribution in [-0.4, -0.2) is 12.2 Å². The quantitative estimate of drug-likeness (QED) is 0.667. The molecule has 0 saturated carbocycles. The zero-order valence-corrected chi connectivity index (χ0v) is 11.1. The maximum absolute atomic E-state index is 12.9. The van der Waals surface area contributed by atoms with Crippen molar-refractivity contribution < 1.29 is 9.18 Å². The molecule has 19 heavy (non-hydrogen) atoms. The summed E-state index contributed by atoms with van der Waals surface area (Å²) in [4.78, 5) is 13.1. The molecule has 98 valence electrons. The number of nitrogen functional groups attached to an aromatic ring is 1. The van der Waals surface area contributed by atoms with Gasteiger partial charge in [0.15, 0.2) is 0 Å². The van der Waals surface area contributed by atoms with Gasteiger partial charge in [-0.25, -0.2) is 4.39 Å². The molecule has 5 heteroatoms. The molecule has 0 heterocycles. The Bertz CT molecular complexity index is 616. The number of carbonyl (C=O) groups is 1. The van der Waals surface area contributed by atoms with Gasteiger partial charge in [-0.2, -0.15) is 0 Å². The Kier molecular flexibility index (Phi) is 4.06. The van der Waals surface area contributed by atoms with Crippen LogP contribution < -0.4 is 11.1 Å². The molecule has 2 aromatic carbocycles. The Balaban J connectivity index is 2.20. The standard InChI is InChI=1S/C14H13FN2OS/c1-19-11-4-2-3-10(8-11)17-14(18)12-6-5-9(15)7-13(12)16/h2-8H,16H2,1H3,(H,17,18). The molecule has 0 saturated heterocycles. The van der Waals surface area contributed by atoms with Crippen molar-refractivity contribution in [3.8, 4) is 0 Å². The van der Waals surface area contributed by atoms with E-state index in [9.17, 15) is 9.18 Å². The first-order valence-electron chi connectivity index (χ1n) is 5.60. The van der Waals surface area contributed by atoms with E-state index in [0.717, 1.165) is 11.0 Å². The number of benzene rings is 2. The molecule has 0 aliphatic carbocycles. The van der Waals surface area contributed by atoms with Crippen LogP contribution in [0.15, 0.2) is 47.4 Å². The lowest BCUT2D eigenvalue weighted by atomic mass is 10.1. The summed E-state index contributed by atoms with van der Waals surface area (Å²) < 4.78 is 12.9. The first-order valence-corrected chi connectivity index (χ1v) is 6.83. The monoisotopic (exact) mass is 276 g/mol. The number of nitrogens with one attached hydrogen (secondary N) is 1. The highest BCUT2D eigenvalue weighted by Gasteiger charge is 2.10. The molecule has 2 rings (SSSR count). The fourth-order valence-corrected chi connectivity index (χ4v) is 2.10. The van der Waals surface area contributed by atoms with E-state index in [2.05, 4.69) is 5.32 Å². The molecule has 0 unspecified atom stereocenters. The molecule has 0 bridgehead atoms. The van der Waals surface area contributed by atoms with Crippen molar-refractivity contribution in [1.82, 2.24) is 0 Å². The number of hydrogen-bond acceptors (Lipinski definition) is 3. The minimum Gasteiger partial charge on any atom is -0.398 e. The minimum absolute atomic E-state index is 0.124. The predicted molar refractivity (Wildman–Crippen MR) is 77.0 cm³/mol. The summed E-state index contributed by atoms with van der Waals surface area (Å²) in [7, 11) is 0. The van der Waals surface area contributed by atoms with Crippen molar-refractivity contribution in [3.05, 3.63) is 53.8 Å². The number of thioether (sulfide) groups is 1. The minimum atomic E-state index is -0.460. The zero-order chi connectivity index (χ0) is 13.8. The summed E-state index contributed by atoms with van der Waals surface area (Å²) in [5, 5.41) is 2.74. The number of anilines is 2. The highest BCUT2D eigenvalue weighted by Crippen LogP contribution is 2.20. The van der Waals surface area contributed by atoms with E-state index in [1.54, 1.807) is 17.8 Å². The van der Waals surface area contributed by atoms with Gasteiger partial charge in [0.1, 0.15) is 5.82 Å². The van der Waals surface area contributed by atoms with E-state index >= 15 is 0 Å². The Morgan fingerprint density at radius 3 is 2.74 bits per heavy atom. The molecule has 0 aliphatic rings. The van der Waals surface area contributed by atoms with Crippen molar-refractivity contribution in [2.24, 2.45) is 0 Å². The van der Waals surface area contributed by atoms with Crippen molar-refractivity contribution in [2.45, 2.75) is 4.90 Å². The van der Waals surface area contributed by atoms with Gasteiger partial charge in [-0.05, 0) is 42.7 Å². The maximum atomic E-state index is 12.9. The number of amides is 1. The second-order valence-electron chi connectivity index (χ2n) is 3.92. The fraction of sp³-hybridized carbons (Fsp3) is 0.0714. The van der Waals surface area contributed by atoms with Gasteiger partial charge in [-0.3, -0.25) is 4.79 Å². The Morgan fingerprint density at radius 2 is 2.05 bits per heavy atom. The summed E-state index contributed by atoms with van der Waals surface area (Å²) >= 11 is 1.59. The summed E-state index contributed by atoms with van der Waals surface area (Å²) in [6.45, 7) is 0. The largest absolute Gasteiger partial charge is 0.398 e. The number of hydrogen-bond donors (Lipinski definition) is 2. The average Bonchev–Trinajstić information content (AvgIpc) is 2.38. The smallest absolute Gasteiger partial charge is 0.257 e. The molecule has 1 amide bonds.